The van der Waals surface area contributed by atoms with Crippen LogP contribution in [0.2, 0.25) is 0 Å². The smallest absolute Gasteiger partial charge is 0.262 e. The van der Waals surface area contributed by atoms with Crippen LogP contribution in [0.25, 0.3) is 22.1 Å². The molecule has 0 aliphatic heterocycles. The summed E-state index contributed by atoms with van der Waals surface area (Å²) in [4.78, 5) is 25.7. The predicted molar refractivity (Wildman–Crippen MR) is 132 cm³/mol. The highest BCUT2D eigenvalue weighted by Gasteiger charge is 2.15. The highest BCUT2D eigenvalue weighted by atomic mass is 16.5. The molecule has 33 heavy (non-hydrogen) atoms. The monoisotopic (exact) mass is 441 g/mol. The van der Waals surface area contributed by atoms with Crippen molar-refractivity contribution in [1.29, 1.82) is 0 Å². The Labute approximate surface area is 193 Å². The van der Waals surface area contributed by atoms with E-state index < -0.39 is 0 Å². The summed E-state index contributed by atoms with van der Waals surface area (Å²) in [7, 11) is 0. The van der Waals surface area contributed by atoms with Gasteiger partial charge >= 0.3 is 0 Å². The Morgan fingerprint density at radius 2 is 1.76 bits per heavy atom. The zero-order chi connectivity index (χ0) is 23.5. The van der Waals surface area contributed by atoms with Gasteiger partial charge in [-0.2, -0.15) is 0 Å². The van der Waals surface area contributed by atoms with Crippen molar-refractivity contribution >= 4 is 22.6 Å². The summed E-state index contributed by atoms with van der Waals surface area (Å²) in [6, 6.07) is 20.5. The van der Waals surface area contributed by atoms with E-state index >= 15 is 0 Å². The van der Waals surface area contributed by atoms with Gasteiger partial charge in [0.05, 0.1) is 10.9 Å². The number of aryl methyl sites for hydroxylation is 2. The molecule has 4 rings (SSSR count). The van der Waals surface area contributed by atoms with E-state index in [1.54, 1.807) is 25.1 Å². The Balaban J connectivity index is 1.54. The molecule has 0 bridgehead atoms. The van der Waals surface area contributed by atoms with Crippen molar-refractivity contribution in [3.63, 3.8) is 0 Å². The predicted octanol–water partition coefficient (Wildman–Crippen LogP) is 6.22. The van der Waals surface area contributed by atoms with Crippen LogP contribution in [0.15, 0.2) is 75.9 Å². The van der Waals surface area contributed by atoms with Crippen LogP contribution in [0.3, 0.4) is 0 Å². The Kier molecular flexibility index (Phi) is 6.31. The largest absolute Gasteiger partial charge is 0.484 e. The van der Waals surface area contributed by atoms with E-state index in [1.807, 2.05) is 55.5 Å². The van der Waals surface area contributed by atoms with Crippen molar-refractivity contribution < 1.29 is 13.9 Å². The van der Waals surface area contributed by atoms with E-state index in [0.717, 1.165) is 22.4 Å². The number of amides is 1. The molecule has 0 spiro atoms. The van der Waals surface area contributed by atoms with Gasteiger partial charge in [0.2, 0.25) is 5.43 Å². The summed E-state index contributed by atoms with van der Waals surface area (Å²) < 4.78 is 11.7. The van der Waals surface area contributed by atoms with Crippen molar-refractivity contribution in [2.75, 3.05) is 11.9 Å². The van der Waals surface area contributed by atoms with Crippen LogP contribution < -0.4 is 15.5 Å². The van der Waals surface area contributed by atoms with Crippen LogP contribution in [-0.4, -0.2) is 12.5 Å². The second-order valence-electron chi connectivity index (χ2n) is 8.42. The molecule has 5 nitrogen and oxygen atoms in total. The van der Waals surface area contributed by atoms with Crippen molar-refractivity contribution in [2.45, 2.75) is 33.6 Å². The molecule has 0 unspecified atom stereocenters. The molecule has 1 N–H and O–H groups in total. The van der Waals surface area contributed by atoms with E-state index in [9.17, 15) is 9.59 Å². The minimum Gasteiger partial charge on any atom is -0.484 e. The molecule has 3 aromatic carbocycles. The molecule has 4 aromatic rings. The maximum absolute atomic E-state index is 13.1. The molecular weight excluding hydrogens is 414 g/mol. The number of hydrogen-bond acceptors (Lipinski definition) is 4. The van der Waals surface area contributed by atoms with Crippen molar-refractivity contribution in [1.82, 2.24) is 0 Å². The van der Waals surface area contributed by atoms with Crippen LogP contribution in [-0.2, 0) is 4.79 Å². The van der Waals surface area contributed by atoms with E-state index in [2.05, 4.69) is 19.2 Å². The number of anilines is 1. The number of ether oxygens (including phenoxy) is 1. The van der Waals surface area contributed by atoms with E-state index in [4.69, 9.17) is 9.15 Å². The lowest BCUT2D eigenvalue weighted by Gasteiger charge is -2.16. The first-order valence-corrected chi connectivity index (χ1v) is 11.0. The highest BCUT2D eigenvalue weighted by molar-refractivity contribution is 5.93. The third kappa shape index (κ3) is 4.67. The van der Waals surface area contributed by atoms with Crippen molar-refractivity contribution in [3.05, 3.63) is 93.8 Å². The van der Waals surface area contributed by atoms with Crippen LogP contribution in [0, 0.1) is 13.8 Å². The second kappa shape index (κ2) is 9.33. The number of para-hydroxylation sites is 1. The van der Waals surface area contributed by atoms with E-state index in [0.29, 0.717) is 28.0 Å². The Hall–Kier alpha value is -3.86. The molecule has 0 aliphatic rings. The molecule has 0 saturated carbocycles. The summed E-state index contributed by atoms with van der Waals surface area (Å²) in [6.45, 7) is 7.78. The van der Waals surface area contributed by atoms with Crippen molar-refractivity contribution in [3.8, 4) is 16.9 Å². The van der Waals surface area contributed by atoms with Crippen molar-refractivity contribution in [2.24, 2.45) is 0 Å². The molecule has 5 heteroatoms. The van der Waals surface area contributed by atoms with Gasteiger partial charge in [-0.15, -0.1) is 0 Å². The minimum absolute atomic E-state index is 0.0926. The average molecular weight is 442 g/mol. The zero-order valence-electron chi connectivity index (χ0n) is 19.3. The van der Waals surface area contributed by atoms with E-state index in [1.165, 1.54) is 0 Å². The Bertz CT molecular complexity index is 1370. The fourth-order valence-electron chi connectivity index (χ4n) is 3.98. The molecule has 0 atom stereocenters. The molecular formula is C28H27NO4. The van der Waals surface area contributed by atoms with Crippen LogP contribution in [0.5, 0.6) is 5.75 Å². The van der Waals surface area contributed by atoms with Gasteiger partial charge < -0.3 is 14.5 Å². The molecule has 1 heterocycles. The van der Waals surface area contributed by atoms with Gasteiger partial charge in [-0.3, -0.25) is 9.59 Å². The van der Waals surface area contributed by atoms with Gasteiger partial charge in [-0.05, 0) is 48.6 Å². The fraction of sp³-hybridized carbons (Fsp3) is 0.214. The van der Waals surface area contributed by atoms with Gasteiger partial charge in [-0.1, -0.05) is 62.4 Å². The first-order chi connectivity index (χ1) is 15.8. The molecule has 0 saturated heterocycles. The normalized spacial score (nSPS) is 11.1. The molecule has 0 aliphatic carbocycles. The lowest BCUT2D eigenvalue weighted by atomic mass is 9.98. The Morgan fingerprint density at radius 3 is 2.48 bits per heavy atom. The number of nitrogens with one attached hydrogen (secondary N) is 1. The van der Waals surface area contributed by atoms with E-state index in [-0.39, 0.29) is 23.9 Å². The second-order valence-corrected chi connectivity index (χ2v) is 8.42. The first kappa shape index (κ1) is 22.3. The third-order valence-electron chi connectivity index (χ3n) is 5.66. The summed E-state index contributed by atoms with van der Waals surface area (Å²) in [5.41, 5.74) is 4.62. The maximum atomic E-state index is 13.1. The van der Waals surface area contributed by atoms with Gasteiger partial charge in [0.25, 0.3) is 5.91 Å². The molecule has 0 fully saturated rings. The number of carbonyl (C=O) groups is 1. The SMILES string of the molecule is Cc1cccc(C(C)C)c1NC(=O)COc1ccc2c(=O)c(-c3ccccc3)c(C)oc2c1. The molecule has 1 aromatic heterocycles. The van der Waals surface area contributed by atoms with Crippen LogP contribution >= 0.6 is 0 Å². The minimum atomic E-state index is -0.247. The van der Waals surface area contributed by atoms with Gasteiger partial charge in [-0.25, -0.2) is 0 Å². The van der Waals surface area contributed by atoms with Gasteiger partial charge in [0.1, 0.15) is 17.1 Å². The average Bonchev–Trinajstić information content (AvgIpc) is 2.79. The quantitative estimate of drug-likeness (QED) is 0.386. The number of rotatable bonds is 6. The standard InChI is InChI=1S/C28H27NO4/c1-17(2)22-12-8-9-18(3)27(22)29-25(30)16-32-21-13-14-23-24(15-21)33-19(4)26(28(23)31)20-10-6-5-7-11-20/h5-15,17H,16H2,1-4H3,(H,29,30). The fourth-order valence-corrected chi connectivity index (χ4v) is 3.98. The molecule has 0 radical (unpaired) electrons. The lowest BCUT2D eigenvalue weighted by Crippen LogP contribution is -2.21. The highest BCUT2D eigenvalue weighted by Crippen LogP contribution is 2.28. The Morgan fingerprint density at radius 1 is 1.00 bits per heavy atom. The summed E-state index contributed by atoms with van der Waals surface area (Å²) in [6.07, 6.45) is 0. The number of hydrogen-bond donors (Lipinski definition) is 1. The maximum Gasteiger partial charge on any atom is 0.262 e. The molecule has 168 valence electrons. The summed E-state index contributed by atoms with van der Waals surface area (Å²) >= 11 is 0. The van der Waals surface area contributed by atoms with Gasteiger partial charge in [0, 0.05) is 11.8 Å². The number of fused-ring (bicyclic) bond motifs is 1. The lowest BCUT2D eigenvalue weighted by molar-refractivity contribution is -0.118. The first-order valence-electron chi connectivity index (χ1n) is 11.0. The van der Waals surface area contributed by atoms with Gasteiger partial charge in [0.15, 0.2) is 6.61 Å². The molecule has 1 amide bonds. The summed E-state index contributed by atoms with van der Waals surface area (Å²) in [5.74, 6) is 1.03. The topological polar surface area (TPSA) is 68.5 Å². The van der Waals surface area contributed by atoms with Crippen LogP contribution in [0.1, 0.15) is 36.7 Å². The summed E-state index contributed by atoms with van der Waals surface area (Å²) in [5, 5.41) is 3.44. The zero-order valence-corrected chi connectivity index (χ0v) is 19.3. The number of carbonyl (C=O) groups excluding carboxylic acids is 1. The van der Waals surface area contributed by atoms with Crippen LogP contribution in [0.4, 0.5) is 5.69 Å². The third-order valence-corrected chi connectivity index (χ3v) is 5.66. The number of benzene rings is 3.